The van der Waals surface area contributed by atoms with Gasteiger partial charge in [0.15, 0.2) is 16.7 Å². The average molecular weight is 293 g/mol. The van der Waals surface area contributed by atoms with Crippen LogP contribution in [0.4, 0.5) is 5.69 Å². The summed E-state index contributed by atoms with van der Waals surface area (Å²) in [6.07, 6.45) is 0. The van der Waals surface area contributed by atoms with Crippen molar-refractivity contribution in [2.45, 2.75) is 17.0 Å². The molecule has 1 aromatic carbocycles. The number of aromatic nitrogens is 2. The van der Waals surface area contributed by atoms with E-state index in [1.165, 1.54) is 17.8 Å². The third-order valence-electron chi connectivity index (χ3n) is 2.57. The van der Waals surface area contributed by atoms with E-state index in [0.29, 0.717) is 28.0 Å². The summed E-state index contributed by atoms with van der Waals surface area (Å²) < 4.78 is 10.4. The molecule has 6 nitrogen and oxygen atoms in total. The maximum atomic E-state index is 11.4. The van der Waals surface area contributed by atoms with Gasteiger partial charge in [-0.15, -0.1) is 0 Å². The number of hydrogen-bond donors (Lipinski definition) is 2. The highest BCUT2D eigenvalue weighted by Gasteiger charge is 2.11. The standard InChI is InChI=1S/C13H15N3O3S/c1-7-4-12(17)16-13(15-7)20-11-6-10(19-3)9(18-2)5-8(11)14/h4-6H,14H2,1-3H3,(H,15,16,17). The summed E-state index contributed by atoms with van der Waals surface area (Å²) >= 11 is 1.26. The fourth-order valence-electron chi connectivity index (χ4n) is 1.67. The van der Waals surface area contributed by atoms with E-state index < -0.39 is 0 Å². The molecule has 0 saturated heterocycles. The van der Waals surface area contributed by atoms with E-state index in [1.54, 1.807) is 33.3 Å². The molecule has 0 unspecified atom stereocenters. The monoisotopic (exact) mass is 293 g/mol. The van der Waals surface area contributed by atoms with E-state index in [4.69, 9.17) is 15.2 Å². The topological polar surface area (TPSA) is 90.2 Å². The summed E-state index contributed by atoms with van der Waals surface area (Å²) in [5, 5.41) is 0.480. The number of benzene rings is 1. The third-order valence-corrected chi connectivity index (χ3v) is 3.53. The molecule has 0 fully saturated rings. The Morgan fingerprint density at radius 1 is 1.20 bits per heavy atom. The first kappa shape index (κ1) is 14.3. The molecule has 7 heteroatoms. The van der Waals surface area contributed by atoms with Gasteiger partial charge >= 0.3 is 0 Å². The van der Waals surface area contributed by atoms with E-state index in [2.05, 4.69) is 9.97 Å². The second-order valence-corrected chi connectivity index (χ2v) is 5.07. The van der Waals surface area contributed by atoms with Crippen molar-refractivity contribution in [1.29, 1.82) is 0 Å². The number of methoxy groups -OCH3 is 2. The van der Waals surface area contributed by atoms with Crippen LogP contribution in [0.25, 0.3) is 0 Å². The van der Waals surface area contributed by atoms with E-state index in [9.17, 15) is 4.79 Å². The summed E-state index contributed by atoms with van der Waals surface area (Å²) in [4.78, 5) is 19.1. The summed E-state index contributed by atoms with van der Waals surface area (Å²) in [6, 6.07) is 4.86. The molecule has 0 aliphatic carbocycles. The number of nitrogen functional groups attached to an aromatic ring is 1. The lowest BCUT2D eigenvalue weighted by Gasteiger charge is -2.11. The zero-order chi connectivity index (χ0) is 14.7. The van der Waals surface area contributed by atoms with Crippen molar-refractivity contribution in [3.8, 4) is 11.5 Å². The Morgan fingerprint density at radius 3 is 2.45 bits per heavy atom. The largest absolute Gasteiger partial charge is 0.493 e. The summed E-state index contributed by atoms with van der Waals surface area (Å²) in [5.74, 6) is 1.12. The van der Waals surface area contributed by atoms with Crippen molar-refractivity contribution >= 4 is 17.4 Å². The van der Waals surface area contributed by atoms with Crippen LogP contribution in [0.2, 0.25) is 0 Å². The fourth-order valence-corrected chi connectivity index (χ4v) is 2.56. The Hall–Kier alpha value is -2.15. The van der Waals surface area contributed by atoms with Gasteiger partial charge in [-0.25, -0.2) is 4.98 Å². The van der Waals surface area contributed by atoms with Crippen LogP contribution in [0, 0.1) is 6.92 Å². The maximum Gasteiger partial charge on any atom is 0.251 e. The van der Waals surface area contributed by atoms with Crippen LogP contribution in [0.5, 0.6) is 11.5 Å². The van der Waals surface area contributed by atoms with Gasteiger partial charge in [0.25, 0.3) is 5.56 Å². The number of H-pyrrole nitrogens is 1. The fraction of sp³-hybridized carbons (Fsp3) is 0.231. The molecule has 2 rings (SSSR count). The molecule has 2 aromatic rings. The van der Waals surface area contributed by atoms with Gasteiger partial charge in [-0.1, -0.05) is 0 Å². The second-order valence-electron chi connectivity index (χ2n) is 4.04. The number of anilines is 1. The third kappa shape index (κ3) is 3.05. The van der Waals surface area contributed by atoms with E-state index >= 15 is 0 Å². The first-order chi connectivity index (χ1) is 9.53. The zero-order valence-electron chi connectivity index (χ0n) is 11.4. The quantitative estimate of drug-likeness (QED) is 0.660. The van der Waals surface area contributed by atoms with Crippen LogP contribution in [0.3, 0.4) is 0 Å². The minimum Gasteiger partial charge on any atom is -0.493 e. The Balaban J connectivity index is 2.40. The average Bonchev–Trinajstić information content (AvgIpc) is 2.39. The highest BCUT2D eigenvalue weighted by atomic mass is 32.2. The number of nitrogens with zero attached hydrogens (tertiary/aromatic N) is 1. The normalized spacial score (nSPS) is 10.3. The molecule has 1 heterocycles. The highest BCUT2D eigenvalue weighted by molar-refractivity contribution is 7.99. The molecule has 0 aliphatic rings. The van der Waals surface area contributed by atoms with Crippen LogP contribution < -0.4 is 20.8 Å². The molecule has 0 aliphatic heterocycles. The Morgan fingerprint density at radius 2 is 1.85 bits per heavy atom. The zero-order valence-corrected chi connectivity index (χ0v) is 12.2. The van der Waals surface area contributed by atoms with Gasteiger partial charge in [0.2, 0.25) is 0 Å². The van der Waals surface area contributed by atoms with Gasteiger partial charge in [-0.2, -0.15) is 0 Å². The van der Waals surface area contributed by atoms with Crippen molar-refractivity contribution in [3.05, 3.63) is 34.2 Å². The smallest absolute Gasteiger partial charge is 0.251 e. The number of aromatic amines is 1. The van der Waals surface area contributed by atoms with Crippen molar-refractivity contribution < 1.29 is 9.47 Å². The first-order valence-electron chi connectivity index (χ1n) is 5.81. The number of ether oxygens (including phenoxy) is 2. The van der Waals surface area contributed by atoms with Gasteiger partial charge in [-0.05, 0) is 18.7 Å². The van der Waals surface area contributed by atoms with Crippen molar-refractivity contribution in [3.63, 3.8) is 0 Å². The van der Waals surface area contributed by atoms with Crippen molar-refractivity contribution in [2.75, 3.05) is 20.0 Å². The number of hydrogen-bond acceptors (Lipinski definition) is 6. The van der Waals surface area contributed by atoms with Crippen LogP contribution in [-0.4, -0.2) is 24.2 Å². The number of nitrogens with one attached hydrogen (secondary N) is 1. The molecular formula is C13H15N3O3S. The van der Waals surface area contributed by atoms with Gasteiger partial charge < -0.3 is 20.2 Å². The van der Waals surface area contributed by atoms with Crippen LogP contribution >= 0.6 is 11.8 Å². The Labute approximate surface area is 120 Å². The molecule has 0 radical (unpaired) electrons. The number of nitrogens with two attached hydrogens (primary N) is 1. The SMILES string of the molecule is COc1cc(N)c(Sc2nc(C)cc(=O)[nH]2)cc1OC. The van der Waals surface area contributed by atoms with Gasteiger partial charge in [-0.3, -0.25) is 4.79 Å². The maximum absolute atomic E-state index is 11.4. The first-order valence-corrected chi connectivity index (χ1v) is 6.62. The molecular weight excluding hydrogens is 278 g/mol. The number of rotatable bonds is 4. The minimum absolute atomic E-state index is 0.195. The second kappa shape index (κ2) is 5.87. The molecule has 0 spiro atoms. The predicted octanol–water partition coefficient (Wildman–Crippen LogP) is 1.83. The van der Waals surface area contributed by atoms with Gasteiger partial charge in [0.1, 0.15) is 0 Å². The van der Waals surface area contributed by atoms with Crippen LogP contribution in [0.1, 0.15) is 5.69 Å². The molecule has 0 saturated carbocycles. The molecule has 0 atom stereocenters. The highest BCUT2D eigenvalue weighted by Crippen LogP contribution is 2.38. The summed E-state index contributed by atoms with van der Waals surface area (Å²) in [6.45, 7) is 1.76. The van der Waals surface area contributed by atoms with Gasteiger partial charge in [0.05, 0.1) is 14.2 Å². The van der Waals surface area contributed by atoms with Crippen LogP contribution in [0.15, 0.2) is 33.0 Å². The summed E-state index contributed by atoms with van der Waals surface area (Å²) in [5.41, 5.74) is 6.95. The lowest BCUT2D eigenvalue weighted by Crippen LogP contribution is -2.08. The van der Waals surface area contributed by atoms with E-state index in [1.807, 2.05) is 0 Å². The van der Waals surface area contributed by atoms with Crippen molar-refractivity contribution in [2.24, 2.45) is 0 Å². The molecule has 0 amide bonds. The number of aryl methyl sites for hydroxylation is 1. The Bertz CT molecular complexity index is 685. The lowest BCUT2D eigenvalue weighted by molar-refractivity contribution is 0.354. The molecule has 3 N–H and O–H groups in total. The summed E-state index contributed by atoms with van der Waals surface area (Å²) in [7, 11) is 3.10. The van der Waals surface area contributed by atoms with Crippen LogP contribution in [-0.2, 0) is 0 Å². The predicted molar refractivity (Wildman–Crippen MR) is 77.7 cm³/mol. The van der Waals surface area contributed by atoms with Gasteiger partial charge in [0, 0.05) is 34.5 Å². The Kier molecular flexibility index (Phi) is 4.19. The van der Waals surface area contributed by atoms with Crippen molar-refractivity contribution in [1.82, 2.24) is 9.97 Å². The molecule has 20 heavy (non-hydrogen) atoms. The molecule has 0 bridgehead atoms. The lowest BCUT2D eigenvalue weighted by atomic mass is 10.3. The molecule has 106 valence electrons. The van der Waals surface area contributed by atoms with E-state index in [0.717, 1.165) is 4.90 Å². The minimum atomic E-state index is -0.195. The van der Waals surface area contributed by atoms with E-state index in [-0.39, 0.29) is 5.56 Å². The molecule has 1 aromatic heterocycles.